The Morgan fingerprint density at radius 3 is 2.75 bits per heavy atom. The number of halogens is 2. The maximum absolute atomic E-state index is 9.45. The monoisotopic (exact) mass is 202 g/mol. The Labute approximate surface area is 81.2 Å². The summed E-state index contributed by atoms with van der Waals surface area (Å²) < 4.78 is 0. The summed E-state index contributed by atoms with van der Waals surface area (Å²) in [6.45, 7) is 3.69. The van der Waals surface area contributed by atoms with Crippen molar-refractivity contribution in [2.45, 2.75) is 0 Å². The van der Waals surface area contributed by atoms with E-state index in [1.807, 2.05) is 0 Å². The fourth-order valence-electron chi connectivity index (χ4n) is 0.873. The van der Waals surface area contributed by atoms with Gasteiger partial charge in [-0.15, -0.1) is 11.6 Å². The van der Waals surface area contributed by atoms with Gasteiger partial charge in [0.25, 0.3) is 0 Å². The summed E-state index contributed by atoms with van der Waals surface area (Å²) in [5.41, 5.74) is 1.27. The molecule has 0 atom stereocenters. The number of phenols is 1. The minimum atomic E-state index is 0.0461. The predicted octanol–water partition coefficient (Wildman–Crippen LogP) is 3.30. The molecule has 1 N–H and O–H groups in total. The molecule has 1 nitrogen and oxygen atoms in total. The molecular formula is C9H8Cl2O. The summed E-state index contributed by atoms with van der Waals surface area (Å²) in [6.07, 6.45) is 0. The van der Waals surface area contributed by atoms with Crippen LogP contribution in [0.2, 0.25) is 5.02 Å². The van der Waals surface area contributed by atoms with Gasteiger partial charge in [-0.25, -0.2) is 0 Å². The minimum absolute atomic E-state index is 0.0461. The maximum Gasteiger partial charge on any atom is 0.141 e. The van der Waals surface area contributed by atoms with Gasteiger partial charge in [-0.05, 0) is 11.6 Å². The lowest BCUT2D eigenvalue weighted by Gasteiger charge is -2.05. The average molecular weight is 203 g/mol. The molecule has 1 aromatic rings. The van der Waals surface area contributed by atoms with Gasteiger partial charge in [-0.2, -0.15) is 0 Å². The van der Waals surface area contributed by atoms with Gasteiger partial charge in [0.15, 0.2) is 0 Å². The van der Waals surface area contributed by atoms with E-state index in [1.165, 1.54) is 0 Å². The van der Waals surface area contributed by atoms with E-state index in [9.17, 15) is 5.11 Å². The van der Waals surface area contributed by atoms with E-state index >= 15 is 0 Å². The molecule has 1 rings (SSSR count). The van der Waals surface area contributed by atoms with Crippen LogP contribution in [0, 0.1) is 0 Å². The summed E-state index contributed by atoms with van der Waals surface area (Å²) in [5.74, 6) is 0.332. The minimum Gasteiger partial charge on any atom is -0.506 e. The lowest BCUT2D eigenvalue weighted by molar-refractivity contribution is 0.474. The zero-order chi connectivity index (χ0) is 9.14. The third kappa shape index (κ3) is 1.74. The third-order valence-electron chi connectivity index (χ3n) is 1.53. The van der Waals surface area contributed by atoms with Crippen LogP contribution in [0.15, 0.2) is 24.8 Å². The number of phenolic OH excluding ortho intramolecular Hbond substituents is 1. The number of benzene rings is 1. The largest absolute Gasteiger partial charge is 0.506 e. The van der Waals surface area contributed by atoms with Gasteiger partial charge >= 0.3 is 0 Å². The number of alkyl halides is 1. The van der Waals surface area contributed by atoms with E-state index in [1.54, 1.807) is 18.2 Å². The van der Waals surface area contributed by atoms with Crippen LogP contribution in [0.25, 0.3) is 5.57 Å². The molecule has 0 bridgehead atoms. The normalized spacial score (nSPS) is 9.83. The van der Waals surface area contributed by atoms with Crippen LogP contribution in [0.5, 0.6) is 5.75 Å². The highest BCUT2D eigenvalue weighted by molar-refractivity contribution is 6.32. The fraction of sp³-hybridized carbons (Fsp3) is 0.111. The second-order valence-electron chi connectivity index (χ2n) is 2.37. The van der Waals surface area contributed by atoms with Gasteiger partial charge < -0.3 is 5.11 Å². The lowest BCUT2D eigenvalue weighted by atomic mass is 10.1. The van der Waals surface area contributed by atoms with Crippen molar-refractivity contribution in [2.75, 3.05) is 5.88 Å². The summed E-state index contributed by atoms with van der Waals surface area (Å²) in [7, 11) is 0. The van der Waals surface area contributed by atoms with Crippen LogP contribution in [0.1, 0.15) is 5.56 Å². The van der Waals surface area contributed by atoms with E-state index in [2.05, 4.69) is 6.58 Å². The second kappa shape index (κ2) is 3.83. The van der Waals surface area contributed by atoms with Crippen LogP contribution in [-0.2, 0) is 0 Å². The Bertz CT molecular complexity index is 307. The van der Waals surface area contributed by atoms with Crippen LogP contribution < -0.4 is 0 Å². The highest BCUT2D eigenvalue weighted by Gasteiger charge is 2.06. The van der Waals surface area contributed by atoms with Crippen molar-refractivity contribution in [3.8, 4) is 5.75 Å². The van der Waals surface area contributed by atoms with E-state index in [-0.39, 0.29) is 11.6 Å². The quantitative estimate of drug-likeness (QED) is 0.731. The topological polar surface area (TPSA) is 20.2 Å². The summed E-state index contributed by atoms with van der Waals surface area (Å²) in [6, 6.07) is 5.09. The van der Waals surface area contributed by atoms with Gasteiger partial charge in [0.2, 0.25) is 0 Å². The number of aromatic hydroxyl groups is 1. The van der Waals surface area contributed by atoms with Crippen LogP contribution in [0.3, 0.4) is 0 Å². The van der Waals surface area contributed by atoms with Crippen LogP contribution in [0.4, 0.5) is 0 Å². The van der Waals surface area contributed by atoms with Crippen molar-refractivity contribution in [3.05, 3.63) is 35.4 Å². The molecule has 0 amide bonds. The van der Waals surface area contributed by atoms with Crippen molar-refractivity contribution < 1.29 is 5.11 Å². The molecule has 0 radical (unpaired) electrons. The smallest absolute Gasteiger partial charge is 0.141 e. The van der Waals surface area contributed by atoms with E-state index in [4.69, 9.17) is 23.2 Å². The molecule has 64 valence electrons. The van der Waals surface area contributed by atoms with Gasteiger partial charge in [-0.1, -0.05) is 30.3 Å². The first-order valence-corrected chi connectivity index (χ1v) is 4.29. The highest BCUT2D eigenvalue weighted by Crippen LogP contribution is 2.31. The fourth-order valence-corrected chi connectivity index (χ4v) is 1.19. The molecule has 12 heavy (non-hydrogen) atoms. The second-order valence-corrected chi connectivity index (χ2v) is 3.05. The van der Waals surface area contributed by atoms with Crippen molar-refractivity contribution in [1.29, 1.82) is 0 Å². The maximum atomic E-state index is 9.45. The van der Waals surface area contributed by atoms with Crippen molar-refractivity contribution in [2.24, 2.45) is 0 Å². The van der Waals surface area contributed by atoms with Crippen molar-refractivity contribution in [1.82, 2.24) is 0 Å². The molecule has 0 aromatic heterocycles. The molecule has 3 heteroatoms. The average Bonchev–Trinajstić information content (AvgIpc) is 2.08. The SMILES string of the molecule is C=C(CCl)c1cccc(Cl)c1O. The first-order chi connectivity index (χ1) is 5.66. The molecule has 0 fully saturated rings. The van der Waals surface area contributed by atoms with Crippen molar-refractivity contribution >= 4 is 28.8 Å². The third-order valence-corrected chi connectivity index (χ3v) is 2.16. The predicted molar refractivity (Wildman–Crippen MR) is 52.9 cm³/mol. The van der Waals surface area contributed by atoms with Crippen molar-refractivity contribution in [3.63, 3.8) is 0 Å². The van der Waals surface area contributed by atoms with E-state index in [0.717, 1.165) is 0 Å². The van der Waals surface area contributed by atoms with Gasteiger partial charge in [0.05, 0.1) is 5.02 Å². The first-order valence-electron chi connectivity index (χ1n) is 3.38. The molecule has 0 aliphatic rings. The van der Waals surface area contributed by atoms with Gasteiger partial charge in [0, 0.05) is 11.4 Å². The molecule has 0 aliphatic carbocycles. The summed E-state index contributed by atoms with van der Waals surface area (Å²) in [5, 5.41) is 9.77. The highest BCUT2D eigenvalue weighted by atomic mass is 35.5. The Morgan fingerprint density at radius 1 is 1.50 bits per heavy atom. The molecule has 0 unspecified atom stereocenters. The standard InChI is InChI=1S/C9H8Cl2O/c1-6(5-10)7-3-2-4-8(11)9(7)12/h2-4,12H,1,5H2. The molecule has 0 heterocycles. The number of para-hydroxylation sites is 1. The van der Waals surface area contributed by atoms with Gasteiger partial charge in [0.1, 0.15) is 5.75 Å². The molecule has 0 saturated heterocycles. The number of hydrogen-bond acceptors (Lipinski definition) is 1. The number of hydrogen-bond donors (Lipinski definition) is 1. The van der Waals surface area contributed by atoms with Gasteiger partial charge in [-0.3, -0.25) is 0 Å². The van der Waals surface area contributed by atoms with E-state index in [0.29, 0.717) is 16.2 Å². The molecule has 0 aliphatic heterocycles. The molecule has 1 aromatic carbocycles. The Balaban J connectivity index is 3.16. The number of rotatable bonds is 2. The molecular weight excluding hydrogens is 195 g/mol. The Hall–Kier alpha value is -0.660. The summed E-state index contributed by atoms with van der Waals surface area (Å²) >= 11 is 11.2. The Morgan fingerprint density at radius 2 is 2.17 bits per heavy atom. The number of allylic oxidation sites excluding steroid dienone is 1. The zero-order valence-electron chi connectivity index (χ0n) is 6.35. The first kappa shape index (κ1) is 9.43. The Kier molecular flexibility index (Phi) is 3.01. The summed E-state index contributed by atoms with van der Waals surface area (Å²) in [4.78, 5) is 0. The molecule has 0 saturated carbocycles. The van der Waals surface area contributed by atoms with Crippen LogP contribution >= 0.6 is 23.2 Å². The molecule has 0 spiro atoms. The lowest BCUT2D eigenvalue weighted by Crippen LogP contribution is -1.84. The zero-order valence-corrected chi connectivity index (χ0v) is 7.86. The van der Waals surface area contributed by atoms with Crippen LogP contribution in [-0.4, -0.2) is 11.0 Å². The van der Waals surface area contributed by atoms with E-state index < -0.39 is 0 Å².